The molecule has 0 amide bonds. The Morgan fingerprint density at radius 1 is 1.12 bits per heavy atom. The maximum atomic E-state index is 9.03. The van der Waals surface area contributed by atoms with Crippen molar-refractivity contribution in [2.24, 2.45) is 0 Å². The number of benzene rings is 1. The van der Waals surface area contributed by atoms with Gasteiger partial charge in [0.1, 0.15) is 5.82 Å². The van der Waals surface area contributed by atoms with Crippen molar-refractivity contribution in [1.29, 1.82) is 0 Å². The molecule has 84 valence electrons. The molecule has 0 aliphatic carbocycles. The van der Waals surface area contributed by atoms with E-state index in [0.717, 1.165) is 22.3 Å². The average molecular weight is 225 g/mol. The van der Waals surface area contributed by atoms with E-state index in [-0.39, 0.29) is 6.61 Å². The number of aliphatic hydroxyl groups excluding tert-OH is 1. The van der Waals surface area contributed by atoms with E-state index in [1.54, 1.807) is 12.4 Å². The molecule has 0 bridgehead atoms. The van der Waals surface area contributed by atoms with Gasteiger partial charge in [-0.1, -0.05) is 18.2 Å². The maximum Gasteiger partial charge on any atom is 0.138 e. The van der Waals surface area contributed by atoms with Gasteiger partial charge in [0.2, 0.25) is 0 Å². The molecule has 0 atom stereocenters. The molecule has 2 aromatic heterocycles. The minimum absolute atomic E-state index is 0.0317. The molecule has 0 aliphatic rings. The Kier molecular flexibility index (Phi) is 2.34. The number of para-hydroxylation sites is 1. The minimum atomic E-state index is -0.0317. The fourth-order valence-electron chi connectivity index (χ4n) is 1.88. The van der Waals surface area contributed by atoms with Gasteiger partial charge in [0.05, 0.1) is 24.0 Å². The van der Waals surface area contributed by atoms with Gasteiger partial charge in [0.25, 0.3) is 0 Å². The summed E-state index contributed by atoms with van der Waals surface area (Å²) in [5.74, 6) is 0.757. The number of aliphatic hydroxyl groups is 1. The predicted molar refractivity (Wildman–Crippen MR) is 65.2 cm³/mol. The first-order valence-corrected chi connectivity index (χ1v) is 5.37. The van der Waals surface area contributed by atoms with Crippen LogP contribution in [0.25, 0.3) is 22.3 Å². The Balaban J connectivity index is 2.23. The highest BCUT2D eigenvalue weighted by atomic mass is 16.3. The van der Waals surface area contributed by atoms with Gasteiger partial charge in [-0.15, -0.1) is 0 Å². The van der Waals surface area contributed by atoms with Crippen molar-refractivity contribution in [1.82, 2.24) is 15.0 Å². The van der Waals surface area contributed by atoms with Crippen LogP contribution in [0.15, 0.2) is 42.7 Å². The van der Waals surface area contributed by atoms with E-state index in [9.17, 15) is 0 Å². The number of aromatic amines is 1. The van der Waals surface area contributed by atoms with Crippen molar-refractivity contribution >= 4 is 10.9 Å². The summed E-state index contributed by atoms with van der Waals surface area (Å²) in [7, 11) is 0. The van der Waals surface area contributed by atoms with Crippen molar-refractivity contribution < 1.29 is 5.11 Å². The monoisotopic (exact) mass is 225 g/mol. The molecule has 0 aliphatic heterocycles. The predicted octanol–water partition coefficient (Wildman–Crippen LogP) is 2.12. The van der Waals surface area contributed by atoms with Crippen LogP contribution in [0.1, 0.15) is 5.69 Å². The summed E-state index contributed by atoms with van der Waals surface area (Å²) in [4.78, 5) is 11.6. The van der Waals surface area contributed by atoms with Crippen LogP contribution < -0.4 is 0 Å². The first-order chi connectivity index (χ1) is 8.38. The molecule has 3 aromatic rings. The molecule has 2 N–H and O–H groups in total. The number of nitrogens with zero attached hydrogens (tertiary/aromatic N) is 2. The second kappa shape index (κ2) is 3.99. The van der Waals surface area contributed by atoms with E-state index in [0.29, 0.717) is 5.69 Å². The van der Waals surface area contributed by atoms with Gasteiger partial charge in [-0.2, -0.15) is 0 Å². The van der Waals surface area contributed by atoms with Crippen LogP contribution in [-0.4, -0.2) is 20.1 Å². The summed E-state index contributed by atoms with van der Waals surface area (Å²) in [6.45, 7) is -0.0317. The Morgan fingerprint density at radius 3 is 2.82 bits per heavy atom. The van der Waals surface area contributed by atoms with Gasteiger partial charge >= 0.3 is 0 Å². The number of rotatable bonds is 2. The second-order valence-electron chi connectivity index (χ2n) is 3.79. The topological polar surface area (TPSA) is 61.8 Å². The fourth-order valence-corrected chi connectivity index (χ4v) is 1.88. The van der Waals surface area contributed by atoms with E-state index in [1.807, 2.05) is 30.3 Å². The quantitative estimate of drug-likeness (QED) is 0.702. The van der Waals surface area contributed by atoms with Crippen molar-refractivity contribution in [3.63, 3.8) is 0 Å². The van der Waals surface area contributed by atoms with Gasteiger partial charge in [-0.05, 0) is 12.1 Å². The molecule has 4 heteroatoms. The zero-order valence-electron chi connectivity index (χ0n) is 9.09. The van der Waals surface area contributed by atoms with Crippen molar-refractivity contribution in [2.75, 3.05) is 0 Å². The maximum absolute atomic E-state index is 9.03. The summed E-state index contributed by atoms with van der Waals surface area (Å²) >= 11 is 0. The third kappa shape index (κ3) is 1.68. The SMILES string of the molecule is OCc1cnc(-c2ccnc3ccccc23)[nH]1. The van der Waals surface area contributed by atoms with Crippen LogP contribution >= 0.6 is 0 Å². The zero-order chi connectivity index (χ0) is 11.7. The Bertz CT molecular complexity index is 655. The van der Waals surface area contributed by atoms with Crippen LogP contribution in [-0.2, 0) is 6.61 Å². The standard InChI is InChI=1S/C13H11N3O/c17-8-9-7-15-13(16-9)11-5-6-14-12-4-2-1-3-10(11)12/h1-7,17H,8H2,(H,15,16). The van der Waals surface area contributed by atoms with E-state index in [2.05, 4.69) is 15.0 Å². The first-order valence-electron chi connectivity index (χ1n) is 5.37. The van der Waals surface area contributed by atoms with Gasteiger partial charge in [0, 0.05) is 17.1 Å². The molecule has 0 fully saturated rings. The normalized spacial score (nSPS) is 10.9. The number of pyridine rings is 1. The fraction of sp³-hybridized carbons (Fsp3) is 0.0769. The van der Waals surface area contributed by atoms with Crippen LogP contribution in [0.3, 0.4) is 0 Å². The Hall–Kier alpha value is -2.20. The van der Waals surface area contributed by atoms with E-state index < -0.39 is 0 Å². The molecule has 0 saturated carbocycles. The van der Waals surface area contributed by atoms with Crippen LogP contribution in [0.5, 0.6) is 0 Å². The Morgan fingerprint density at radius 2 is 2.00 bits per heavy atom. The number of fused-ring (bicyclic) bond motifs is 1. The third-order valence-electron chi connectivity index (χ3n) is 2.70. The summed E-state index contributed by atoms with van der Waals surface area (Å²) in [6.07, 6.45) is 3.41. The molecule has 17 heavy (non-hydrogen) atoms. The summed E-state index contributed by atoms with van der Waals surface area (Å²) < 4.78 is 0. The average Bonchev–Trinajstić information content (AvgIpc) is 2.87. The number of hydrogen-bond acceptors (Lipinski definition) is 3. The molecule has 4 nitrogen and oxygen atoms in total. The molecule has 3 rings (SSSR count). The van der Waals surface area contributed by atoms with Gasteiger partial charge in [-0.25, -0.2) is 4.98 Å². The molecule has 0 unspecified atom stereocenters. The van der Waals surface area contributed by atoms with Crippen LogP contribution in [0.4, 0.5) is 0 Å². The second-order valence-corrected chi connectivity index (χ2v) is 3.79. The summed E-state index contributed by atoms with van der Waals surface area (Å²) in [5.41, 5.74) is 2.64. The molecule has 1 aromatic carbocycles. The summed E-state index contributed by atoms with van der Waals surface area (Å²) in [6, 6.07) is 9.83. The molecule has 0 radical (unpaired) electrons. The minimum Gasteiger partial charge on any atom is -0.390 e. The highest BCUT2D eigenvalue weighted by molar-refractivity contribution is 5.92. The summed E-state index contributed by atoms with van der Waals surface area (Å²) in [5, 5.41) is 10.1. The lowest BCUT2D eigenvalue weighted by atomic mass is 10.1. The molecule has 0 saturated heterocycles. The highest BCUT2D eigenvalue weighted by Gasteiger charge is 2.07. The van der Waals surface area contributed by atoms with Crippen LogP contribution in [0.2, 0.25) is 0 Å². The number of hydrogen-bond donors (Lipinski definition) is 2. The Labute approximate surface area is 98.0 Å². The number of nitrogens with one attached hydrogen (secondary N) is 1. The lowest BCUT2D eigenvalue weighted by molar-refractivity contribution is 0.277. The van der Waals surface area contributed by atoms with Crippen molar-refractivity contribution in [3.05, 3.63) is 48.4 Å². The smallest absolute Gasteiger partial charge is 0.138 e. The molecular weight excluding hydrogens is 214 g/mol. The third-order valence-corrected chi connectivity index (χ3v) is 2.70. The van der Waals surface area contributed by atoms with Gasteiger partial charge in [0.15, 0.2) is 0 Å². The van der Waals surface area contributed by atoms with Crippen molar-refractivity contribution in [2.45, 2.75) is 6.61 Å². The number of imidazole rings is 1. The van der Waals surface area contributed by atoms with E-state index >= 15 is 0 Å². The largest absolute Gasteiger partial charge is 0.390 e. The van der Waals surface area contributed by atoms with E-state index in [4.69, 9.17) is 5.11 Å². The van der Waals surface area contributed by atoms with Crippen molar-refractivity contribution in [3.8, 4) is 11.4 Å². The highest BCUT2D eigenvalue weighted by Crippen LogP contribution is 2.24. The number of H-pyrrole nitrogens is 1. The van der Waals surface area contributed by atoms with Gasteiger partial charge in [-0.3, -0.25) is 4.98 Å². The number of aromatic nitrogens is 3. The zero-order valence-corrected chi connectivity index (χ0v) is 9.09. The molecular formula is C13H11N3O. The molecule has 0 spiro atoms. The van der Waals surface area contributed by atoms with Crippen LogP contribution in [0, 0.1) is 0 Å². The molecule has 2 heterocycles. The lowest BCUT2D eigenvalue weighted by Gasteiger charge is -2.02. The first kappa shape index (κ1) is 9.99. The lowest BCUT2D eigenvalue weighted by Crippen LogP contribution is -1.86. The van der Waals surface area contributed by atoms with E-state index in [1.165, 1.54) is 0 Å². The van der Waals surface area contributed by atoms with Gasteiger partial charge < -0.3 is 10.1 Å².